The maximum atomic E-state index is 11.0. The highest BCUT2D eigenvalue weighted by Crippen LogP contribution is 2.06. The molecule has 1 aliphatic rings. The fourth-order valence-electron chi connectivity index (χ4n) is 1.72. The van der Waals surface area contributed by atoms with Gasteiger partial charge in [-0.3, -0.25) is 4.79 Å². The summed E-state index contributed by atoms with van der Waals surface area (Å²) in [7, 11) is 0. The van der Waals surface area contributed by atoms with Crippen molar-refractivity contribution in [3.63, 3.8) is 0 Å². The maximum Gasteiger partial charge on any atom is 0.250 e. The summed E-state index contributed by atoms with van der Waals surface area (Å²) in [5.41, 5.74) is 5.83. The van der Waals surface area contributed by atoms with Crippen LogP contribution in [-0.2, 0) is 4.79 Å². The van der Waals surface area contributed by atoms with Crippen molar-refractivity contribution in [1.82, 2.24) is 9.80 Å². The molecule has 0 bridgehead atoms. The van der Waals surface area contributed by atoms with Crippen molar-refractivity contribution in [3.05, 3.63) is 23.9 Å². The van der Waals surface area contributed by atoms with Crippen LogP contribution in [0.1, 0.15) is 13.8 Å². The largest absolute Gasteiger partial charge is 0.372 e. The van der Waals surface area contributed by atoms with E-state index >= 15 is 0 Å². The van der Waals surface area contributed by atoms with Gasteiger partial charge in [-0.1, -0.05) is 26.0 Å². The van der Waals surface area contributed by atoms with Crippen LogP contribution in [-0.4, -0.2) is 48.4 Å². The number of likely N-dealkylation sites (N-methyl/N-ethyl adjacent to an activating group) is 1. The van der Waals surface area contributed by atoms with Crippen molar-refractivity contribution in [1.29, 1.82) is 0 Å². The Labute approximate surface area is 97.4 Å². The molecule has 0 aliphatic carbocycles. The summed E-state index contributed by atoms with van der Waals surface area (Å²) >= 11 is 0. The Kier molecular flexibility index (Phi) is 5.05. The molecule has 0 aromatic heterocycles. The highest BCUT2D eigenvalue weighted by Gasteiger charge is 2.09. The summed E-state index contributed by atoms with van der Waals surface area (Å²) in [5.74, 6) is -0.358. The molecule has 90 valence electrons. The van der Waals surface area contributed by atoms with Crippen LogP contribution in [0.2, 0.25) is 0 Å². The SMILES string of the molecule is CCN(CC)CCN1C=C(C(N)=O)C=CC1. The minimum Gasteiger partial charge on any atom is -0.372 e. The topological polar surface area (TPSA) is 49.6 Å². The zero-order chi connectivity index (χ0) is 12.0. The smallest absolute Gasteiger partial charge is 0.250 e. The van der Waals surface area contributed by atoms with E-state index in [1.807, 2.05) is 12.3 Å². The lowest BCUT2D eigenvalue weighted by Gasteiger charge is -2.26. The fraction of sp³-hybridized carbons (Fsp3) is 0.583. The molecule has 0 fully saturated rings. The molecule has 1 heterocycles. The van der Waals surface area contributed by atoms with Crippen LogP contribution in [0.3, 0.4) is 0 Å². The average molecular weight is 223 g/mol. The second-order valence-electron chi connectivity index (χ2n) is 3.87. The van der Waals surface area contributed by atoms with Crippen LogP contribution >= 0.6 is 0 Å². The van der Waals surface area contributed by atoms with E-state index in [0.717, 1.165) is 32.7 Å². The Morgan fingerprint density at radius 3 is 2.75 bits per heavy atom. The van der Waals surface area contributed by atoms with Gasteiger partial charge in [-0.15, -0.1) is 0 Å². The summed E-state index contributed by atoms with van der Waals surface area (Å²) in [6.07, 6.45) is 5.62. The molecule has 0 spiro atoms. The van der Waals surface area contributed by atoms with E-state index in [0.29, 0.717) is 5.57 Å². The first kappa shape index (κ1) is 12.8. The first-order chi connectivity index (χ1) is 7.67. The minimum atomic E-state index is -0.358. The second kappa shape index (κ2) is 6.33. The van der Waals surface area contributed by atoms with Crippen LogP contribution in [0.15, 0.2) is 23.9 Å². The predicted molar refractivity (Wildman–Crippen MR) is 65.8 cm³/mol. The number of carbonyl (C=O) groups excluding carboxylic acids is 1. The lowest BCUT2D eigenvalue weighted by Crippen LogP contribution is -2.34. The number of hydrogen-bond acceptors (Lipinski definition) is 3. The van der Waals surface area contributed by atoms with E-state index < -0.39 is 0 Å². The van der Waals surface area contributed by atoms with Crippen LogP contribution in [0.5, 0.6) is 0 Å². The van der Waals surface area contributed by atoms with Crippen molar-refractivity contribution in [3.8, 4) is 0 Å². The number of nitrogens with zero attached hydrogens (tertiary/aromatic N) is 2. The van der Waals surface area contributed by atoms with Crippen molar-refractivity contribution in [2.24, 2.45) is 5.73 Å². The van der Waals surface area contributed by atoms with E-state index in [2.05, 4.69) is 23.6 Å². The van der Waals surface area contributed by atoms with Crippen molar-refractivity contribution >= 4 is 5.91 Å². The summed E-state index contributed by atoms with van der Waals surface area (Å²) in [4.78, 5) is 15.5. The molecule has 1 rings (SSSR count). The van der Waals surface area contributed by atoms with Gasteiger partial charge >= 0.3 is 0 Å². The molecular weight excluding hydrogens is 202 g/mol. The number of hydrogen-bond donors (Lipinski definition) is 1. The molecule has 2 N–H and O–H groups in total. The van der Waals surface area contributed by atoms with Crippen molar-refractivity contribution in [2.45, 2.75) is 13.8 Å². The van der Waals surface area contributed by atoms with E-state index in [9.17, 15) is 4.79 Å². The Hall–Kier alpha value is -1.29. The summed E-state index contributed by atoms with van der Waals surface area (Å²) in [6.45, 7) is 9.25. The van der Waals surface area contributed by atoms with E-state index in [4.69, 9.17) is 5.73 Å². The van der Waals surface area contributed by atoms with Gasteiger partial charge in [-0.25, -0.2) is 0 Å². The number of rotatable bonds is 6. The lowest BCUT2D eigenvalue weighted by atomic mass is 10.2. The van der Waals surface area contributed by atoms with Gasteiger partial charge in [0.2, 0.25) is 5.91 Å². The molecule has 0 unspecified atom stereocenters. The summed E-state index contributed by atoms with van der Waals surface area (Å²) in [5, 5.41) is 0. The zero-order valence-electron chi connectivity index (χ0n) is 10.1. The number of amides is 1. The van der Waals surface area contributed by atoms with E-state index in [1.165, 1.54) is 0 Å². The van der Waals surface area contributed by atoms with E-state index in [-0.39, 0.29) is 5.91 Å². The van der Waals surface area contributed by atoms with Crippen LogP contribution in [0, 0.1) is 0 Å². The van der Waals surface area contributed by atoms with Gasteiger partial charge in [-0.05, 0) is 13.1 Å². The van der Waals surface area contributed by atoms with Crippen LogP contribution < -0.4 is 5.73 Å². The third-order valence-corrected chi connectivity index (χ3v) is 2.84. The quantitative estimate of drug-likeness (QED) is 0.716. The predicted octanol–water partition coefficient (Wildman–Crippen LogP) is 0.569. The number of primary amides is 1. The molecule has 0 radical (unpaired) electrons. The molecule has 4 nitrogen and oxygen atoms in total. The van der Waals surface area contributed by atoms with Gasteiger partial charge in [0.1, 0.15) is 0 Å². The monoisotopic (exact) mass is 223 g/mol. The Morgan fingerprint density at radius 2 is 2.19 bits per heavy atom. The normalized spacial score (nSPS) is 15.4. The Balaban J connectivity index is 2.44. The van der Waals surface area contributed by atoms with Crippen molar-refractivity contribution < 1.29 is 4.79 Å². The van der Waals surface area contributed by atoms with Gasteiger partial charge in [0, 0.05) is 25.8 Å². The lowest BCUT2D eigenvalue weighted by molar-refractivity contribution is -0.114. The molecule has 0 atom stereocenters. The maximum absolute atomic E-state index is 11.0. The number of nitrogens with two attached hydrogens (primary N) is 1. The molecule has 0 saturated carbocycles. The van der Waals surface area contributed by atoms with Gasteiger partial charge in [0.15, 0.2) is 0 Å². The summed E-state index contributed by atoms with van der Waals surface area (Å²) in [6, 6.07) is 0. The van der Waals surface area contributed by atoms with Gasteiger partial charge in [0.25, 0.3) is 0 Å². The Morgan fingerprint density at radius 1 is 1.50 bits per heavy atom. The molecular formula is C12H21N3O. The average Bonchev–Trinajstić information content (AvgIpc) is 2.31. The van der Waals surface area contributed by atoms with Gasteiger partial charge in [0.05, 0.1) is 5.57 Å². The molecule has 4 heteroatoms. The third-order valence-electron chi connectivity index (χ3n) is 2.84. The molecule has 1 aliphatic heterocycles. The Bertz CT molecular complexity index is 293. The first-order valence-electron chi connectivity index (χ1n) is 5.82. The minimum absolute atomic E-state index is 0.358. The fourth-order valence-corrected chi connectivity index (χ4v) is 1.72. The standard InChI is InChI=1S/C12H21N3O/c1-3-14(4-2)8-9-15-7-5-6-11(10-15)12(13)16/h5-6,10H,3-4,7-9H2,1-2H3,(H2,13,16). The molecule has 0 aromatic carbocycles. The molecule has 16 heavy (non-hydrogen) atoms. The third kappa shape index (κ3) is 3.70. The second-order valence-corrected chi connectivity index (χ2v) is 3.87. The summed E-state index contributed by atoms with van der Waals surface area (Å²) < 4.78 is 0. The highest BCUT2D eigenvalue weighted by atomic mass is 16.1. The van der Waals surface area contributed by atoms with Gasteiger partial charge in [-0.2, -0.15) is 0 Å². The van der Waals surface area contributed by atoms with Crippen molar-refractivity contribution in [2.75, 3.05) is 32.7 Å². The molecule has 1 amide bonds. The first-order valence-corrected chi connectivity index (χ1v) is 5.82. The van der Waals surface area contributed by atoms with E-state index in [1.54, 1.807) is 6.08 Å². The van der Waals surface area contributed by atoms with Crippen LogP contribution in [0.25, 0.3) is 0 Å². The molecule has 0 saturated heterocycles. The highest BCUT2D eigenvalue weighted by molar-refractivity contribution is 5.94. The molecule has 0 aromatic rings. The van der Waals surface area contributed by atoms with Crippen LogP contribution in [0.4, 0.5) is 0 Å². The zero-order valence-corrected chi connectivity index (χ0v) is 10.1. The number of carbonyl (C=O) groups is 1. The van der Waals surface area contributed by atoms with Gasteiger partial charge < -0.3 is 15.5 Å².